The molecule has 5 nitrogen and oxygen atoms in total. The van der Waals surface area contributed by atoms with Gasteiger partial charge in [-0.3, -0.25) is 14.2 Å². The van der Waals surface area contributed by atoms with E-state index in [0.29, 0.717) is 6.42 Å². The maximum Gasteiger partial charge on any atom is 0.328 e. The number of rotatable bonds is 3. The number of Topliss-reactive ketones (excluding diaryl/α,β-unsaturated/α-hetero) is 1. The van der Waals surface area contributed by atoms with Crippen LogP contribution in [0.2, 0.25) is 0 Å². The molecular formula is C11H16N2O3. The maximum absolute atomic E-state index is 12.0. The second kappa shape index (κ2) is 4.08. The monoisotopic (exact) mass is 224 g/mol. The van der Waals surface area contributed by atoms with E-state index < -0.39 is 16.8 Å². The molecule has 1 rings (SSSR count). The Bertz CT molecular complexity index is 523. The van der Waals surface area contributed by atoms with Crippen LogP contribution in [-0.2, 0) is 5.54 Å². The molecule has 1 aromatic rings. The summed E-state index contributed by atoms with van der Waals surface area (Å²) in [5, 5.41) is 0. The molecule has 5 heteroatoms. The van der Waals surface area contributed by atoms with Gasteiger partial charge >= 0.3 is 5.69 Å². The summed E-state index contributed by atoms with van der Waals surface area (Å²) in [6, 6.07) is 0. The van der Waals surface area contributed by atoms with Gasteiger partial charge in [-0.1, -0.05) is 6.92 Å². The zero-order valence-corrected chi connectivity index (χ0v) is 9.96. The first-order valence-corrected chi connectivity index (χ1v) is 5.17. The fourth-order valence-electron chi connectivity index (χ4n) is 1.43. The predicted molar refractivity (Wildman–Crippen MR) is 60.9 cm³/mol. The Balaban J connectivity index is 3.64. The molecule has 0 aliphatic heterocycles. The number of aromatic amines is 1. The average molecular weight is 224 g/mol. The minimum atomic E-state index is -0.601. The lowest BCUT2D eigenvalue weighted by Crippen LogP contribution is -2.47. The lowest BCUT2D eigenvalue weighted by Gasteiger charge is -2.24. The number of hydrogen-bond donors (Lipinski definition) is 1. The third-order valence-electron chi connectivity index (χ3n) is 2.83. The first kappa shape index (κ1) is 12.4. The highest BCUT2D eigenvalue weighted by molar-refractivity contribution is 5.93. The largest absolute Gasteiger partial charge is 0.328 e. The summed E-state index contributed by atoms with van der Waals surface area (Å²) in [6.07, 6.45) is 1.80. The van der Waals surface area contributed by atoms with E-state index >= 15 is 0 Å². The number of carbonyl (C=O) groups excluding carboxylic acids is 1. The van der Waals surface area contributed by atoms with Crippen molar-refractivity contribution in [1.29, 1.82) is 0 Å². The van der Waals surface area contributed by atoms with Crippen molar-refractivity contribution in [2.24, 2.45) is 0 Å². The highest BCUT2D eigenvalue weighted by atomic mass is 16.2. The van der Waals surface area contributed by atoms with Gasteiger partial charge in [0.15, 0.2) is 5.78 Å². The van der Waals surface area contributed by atoms with Crippen LogP contribution in [0.15, 0.2) is 15.8 Å². The topological polar surface area (TPSA) is 71.9 Å². The second-order valence-electron chi connectivity index (χ2n) is 4.37. The Morgan fingerprint density at radius 1 is 1.44 bits per heavy atom. The van der Waals surface area contributed by atoms with E-state index in [4.69, 9.17) is 0 Å². The van der Waals surface area contributed by atoms with E-state index in [0.717, 1.165) is 4.57 Å². The van der Waals surface area contributed by atoms with Crippen LogP contribution in [-0.4, -0.2) is 15.3 Å². The van der Waals surface area contributed by atoms with Gasteiger partial charge in [0.2, 0.25) is 0 Å². The smallest absolute Gasteiger partial charge is 0.313 e. The Morgan fingerprint density at radius 2 is 2.00 bits per heavy atom. The van der Waals surface area contributed by atoms with Crippen molar-refractivity contribution in [2.75, 3.05) is 0 Å². The SMILES string of the molecule is CCC(C)(C)n1c(=O)[nH]cc(C(C)=O)c1=O. The van der Waals surface area contributed by atoms with Crippen LogP contribution in [0.5, 0.6) is 0 Å². The zero-order chi connectivity index (χ0) is 12.5. The summed E-state index contributed by atoms with van der Waals surface area (Å²) in [7, 11) is 0. The van der Waals surface area contributed by atoms with E-state index in [2.05, 4.69) is 4.98 Å². The molecule has 16 heavy (non-hydrogen) atoms. The van der Waals surface area contributed by atoms with Gasteiger partial charge in [-0.15, -0.1) is 0 Å². The van der Waals surface area contributed by atoms with Crippen LogP contribution in [0, 0.1) is 0 Å². The van der Waals surface area contributed by atoms with Crippen LogP contribution in [0.25, 0.3) is 0 Å². The minimum Gasteiger partial charge on any atom is -0.313 e. The highest BCUT2D eigenvalue weighted by Gasteiger charge is 2.23. The van der Waals surface area contributed by atoms with Gasteiger partial charge < -0.3 is 4.98 Å². The molecule has 0 aliphatic carbocycles. The van der Waals surface area contributed by atoms with Crippen molar-refractivity contribution in [3.63, 3.8) is 0 Å². The normalized spacial score (nSPS) is 11.5. The van der Waals surface area contributed by atoms with Crippen LogP contribution in [0.4, 0.5) is 0 Å². The highest BCUT2D eigenvalue weighted by Crippen LogP contribution is 2.14. The van der Waals surface area contributed by atoms with Gasteiger partial charge in [0.25, 0.3) is 5.56 Å². The molecule has 0 bridgehead atoms. The third kappa shape index (κ3) is 1.98. The summed E-state index contributed by atoms with van der Waals surface area (Å²) < 4.78 is 1.10. The predicted octanol–water partition coefficient (Wildman–Crippen LogP) is 0.884. The quantitative estimate of drug-likeness (QED) is 0.775. The van der Waals surface area contributed by atoms with E-state index in [-0.39, 0.29) is 11.3 Å². The summed E-state index contributed by atoms with van der Waals surface area (Å²) >= 11 is 0. The Labute approximate surface area is 93.1 Å². The summed E-state index contributed by atoms with van der Waals surface area (Å²) in [6.45, 7) is 6.76. The molecule has 0 fully saturated rings. The van der Waals surface area contributed by atoms with Crippen LogP contribution >= 0.6 is 0 Å². The van der Waals surface area contributed by atoms with Crippen LogP contribution in [0.1, 0.15) is 44.5 Å². The van der Waals surface area contributed by atoms with Crippen LogP contribution in [0.3, 0.4) is 0 Å². The molecule has 1 N–H and O–H groups in total. The van der Waals surface area contributed by atoms with Crippen molar-refractivity contribution < 1.29 is 4.79 Å². The molecule has 0 saturated carbocycles. The van der Waals surface area contributed by atoms with Crippen molar-refractivity contribution in [3.8, 4) is 0 Å². The van der Waals surface area contributed by atoms with Gasteiger partial charge in [0.1, 0.15) is 0 Å². The lowest BCUT2D eigenvalue weighted by molar-refractivity contribution is 0.101. The van der Waals surface area contributed by atoms with Crippen molar-refractivity contribution in [3.05, 3.63) is 32.6 Å². The molecular weight excluding hydrogens is 208 g/mol. The van der Waals surface area contributed by atoms with Gasteiger partial charge in [-0.2, -0.15) is 0 Å². The van der Waals surface area contributed by atoms with Crippen molar-refractivity contribution >= 4 is 5.78 Å². The second-order valence-corrected chi connectivity index (χ2v) is 4.37. The minimum absolute atomic E-state index is 0.0149. The summed E-state index contributed by atoms with van der Waals surface area (Å²) in [5.74, 6) is -0.345. The van der Waals surface area contributed by atoms with Gasteiger partial charge in [0, 0.05) is 11.7 Å². The van der Waals surface area contributed by atoms with E-state index in [1.807, 2.05) is 6.92 Å². The molecule has 0 saturated heterocycles. The molecule has 88 valence electrons. The molecule has 0 aromatic carbocycles. The van der Waals surface area contributed by atoms with E-state index in [1.54, 1.807) is 13.8 Å². The molecule has 0 spiro atoms. The Hall–Kier alpha value is -1.65. The molecule has 0 unspecified atom stereocenters. The number of aromatic nitrogens is 2. The number of nitrogens with zero attached hydrogens (tertiary/aromatic N) is 1. The van der Waals surface area contributed by atoms with Gasteiger partial charge in [-0.25, -0.2) is 4.79 Å². The zero-order valence-electron chi connectivity index (χ0n) is 9.96. The van der Waals surface area contributed by atoms with E-state index in [1.165, 1.54) is 13.1 Å². The fourth-order valence-corrected chi connectivity index (χ4v) is 1.43. The third-order valence-corrected chi connectivity index (χ3v) is 2.83. The number of ketones is 1. The maximum atomic E-state index is 12.0. The van der Waals surface area contributed by atoms with Crippen molar-refractivity contribution in [2.45, 2.75) is 39.7 Å². The van der Waals surface area contributed by atoms with Gasteiger partial charge in [-0.05, 0) is 27.2 Å². The molecule has 1 heterocycles. The molecule has 0 aliphatic rings. The Kier molecular flexibility index (Phi) is 3.16. The number of H-pyrrole nitrogens is 1. The molecule has 0 atom stereocenters. The average Bonchev–Trinajstić information content (AvgIpc) is 2.16. The number of carbonyl (C=O) groups is 1. The van der Waals surface area contributed by atoms with E-state index in [9.17, 15) is 14.4 Å². The summed E-state index contributed by atoms with van der Waals surface area (Å²) in [4.78, 5) is 37.2. The van der Waals surface area contributed by atoms with Gasteiger partial charge in [0.05, 0.1) is 5.56 Å². The summed E-state index contributed by atoms with van der Waals surface area (Å²) in [5.41, 5.74) is -1.60. The molecule has 0 amide bonds. The number of hydrogen-bond acceptors (Lipinski definition) is 3. The lowest BCUT2D eigenvalue weighted by atomic mass is 10.0. The molecule has 0 radical (unpaired) electrons. The fraction of sp³-hybridized carbons (Fsp3) is 0.545. The standard InChI is InChI=1S/C11H16N2O3/c1-5-11(3,4)13-9(15)8(7(2)14)6-12-10(13)16/h6H,5H2,1-4H3,(H,12,16). The first-order valence-electron chi connectivity index (χ1n) is 5.17. The number of nitrogens with one attached hydrogen (secondary N) is 1. The Morgan fingerprint density at radius 3 is 2.44 bits per heavy atom. The first-order chi connectivity index (χ1) is 7.31. The molecule has 1 aromatic heterocycles. The van der Waals surface area contributed by atoms with Crippen LogP contribution < -0.4 is 11.2 Å². The van der Waals surface area contributed by atoms with Crippen molar-refractivity contribution in [1.82, 2.24) is 9.55 Å².